The first-order valence-electron chi connectivity index (χ1n) is 6.32. The summed E-state index contributed by atoms with van der Waals surface area (Å²) in [5, 5.41) is 10.7. The fourth-order valence-electron chi connectivity index (χ4n) is 2.34. The first kappa shape index (κ1) is 14.4. The van der Waals surface area contributed by atoms with Gasteiger partial charge in [-0.25, -0.2) is 4.79 Å². The number of nitrogens with one attached hydrogen (secondary N) is 2. The lowest BCUT2D eigenvalue weighted by atomic mass is 10.0. The van der Waals surface area contributed by atoms with Crippen molar-refractivity contribution in [3.63, 3.8) is 0 Å². The van der Waals surface area contributed by atoms with Gasteiger partial charge in [0, 0.05) is 14.9 Å². The molecule has 0 saturated heterocycles. The monoisotopic (exact) mass is 364 g/mol. The minimum Gasteiger partial charge on any atom is -0.384 e. The lowest BCUT2D eigenvalue weighted by Gasteiger charge is -2.16. The normalized spacial score (nSPS) is 12.7. The Morgan fingerprint density at radius 1 is 1.14 bits per heavy atom. The Morgan fingerprint density at radius 2 is 1.81 bits per heavy atom. The van der Waals surface area contributed by atoms with E-state index in [0.717, 1.165) is 20.5 Å². The summed E-state index contributed by atoms with van der Waals surface area (Å²) in [6.45, 7) is 0. The average Bonchev–Trinajstić information content (AvgIpc) is 2.84. The molecule has 1 aromatic heterocycles. The van der Waals surface area contributed by atoms with Gasteiger partial charge in [0.25, 0.3) is 0 Å². The molecule has 0 radical (unpaired) electrons. The van der Waals surface area contributed by atoms with Crippen LogP contribution in [0.4, 0.5) is 0 Å². The molecule has 0 bridgehead atoms. The van der Waals surface area contributed by atoms with E-state index in [4.69, 9.17) is 0 Å². The number of hydrogen-bond acceptors (Lipinski definition) is 3. The second-order valence-corrected chi connectivity index (χ2v) is 6.35. The fourth-order valence-corrected chi connectivity index (χ4v) is 3.53. The Morgan fingerprint density at radius 3 is 2.52 bits per heavy atom. The van der Waals surface area contributed by atoms with E-state index >= 15 is 0 Å². The molecule has 21 heavy (non-hydrogen) atoms. The number of rotatable bonds is 3. The number of thioether (sulfide) groups is 1. The van der Waals surface area contributed by atoms with Crippen molar-refractivity contribution in [1.29, 1.82) is 0 Å². The van der Waals surface area contributed by atoms with E-state index in [0.29, 0.717) is 11.0 Å². The number of aliphatic hydroxyl groups is 1. The number of imidazole rings is 1. The first-order chi connectivity index (χ1) is 10.1. The van der Waals surface area contributed by atoms with E-state index in [2.05, 4.69) is 25.9 Å². The lowest BCUT2D eigenvalue weighted by Crippen LogP contribution is -2.02. The quantitative estimate of drug-likeness (QED) is 0.623. The molecule has 0 aliphatic heterocycles. The second-order valence-electron chi connectivity index (χ2n) is 4.64. The standard InChI is InChI=1S/C15H13BrN2O2S/c1-21-13-5-3-2-4-8(13)14(19)9-6-11-12(7-10(9)16)18-15(20)17-11/h2-7,14,19H,1H3,(H2,17,18,20). The average molecular weight is 365 g/mol. The number of H-pyrrole nitrogens is 2. The number of aromatic amines is 2. The van der Waals surface area contributed by atoms with Gasteiger partial charge in [-0.2, -0.15) is 0 Å². The summed E-state index contributed by atoms with van der Waals surface area (Å²) >= 11 is 5.06. The van der Waals surface area contributed by atoms with Crippen LogP contribution in [-0.4, -0.2) is 21.3 Å². The Labute approximate surface area is 133 Å². The molecule has 3 aromatic rings. The highest BCUT2D eigenvalue weighted by Crippen LogP contribution is 2.34. The van der Waals surface area contributed by atoms with Gasteiger partial charge in [0.05, 0.1) is 11.0 Å². The summed E-state index contributed by atoms with van der Waals surface area (Å²) < 4.78 is 0.758. The molecule has 6 heteroatoms. The molecule has 108 valence electrons. The molecule has 1 atom stereocenters. The number of fused-ring (bicyclic) bond motifs is 1. The Bertz CT molecular complexity index is 856. The largest absolute Gasteiger partial charge is 0.384 e. The third-order valence-electron chi connectivity index (χ3n) is 3.36. The second kappa shape index (κ2) is 5.71. The van der Waals surface area contributed by atoms with Crippen molar-refractivity contribution in [2.24, 2.45) is 0 Å². The molecule has 2 aromatic carbocycles. The number of aliphatic hydroxyl groups excluding tert-OH is 1. The Balaban J connectivity index is 2.14. The lowest BCUT2D eigenvalue weighted by molar-refractivity contribution is 0.217. The van der Waals surface area contributed by atoms with E-state index in [1.807, 2.05) is 30.5 Å². The van der Waals surface area contributed by atoms with Crippen molar-refractivity contribution in [3.05, 3.63) is 62.5 Å². The van der Waals surface area contributed by atoms with E-state index in [1.165, 1.54) is 0 Å². The summed E-state index contributed by atoms with van der Waals surface area (Å²) in [6, 6.07) is 11.3. The van der Waals surface area contributed by atoms with Gasteiger partial charge in [-0.3, -0.25) is 0 Å². The highest BCUT2D eigenvalue weighted by Gasteiger charge is 2.18. The van der Waals surface area contributed by atoms with Crippen LogP contribution < -0.4 is 5.69 Å². The predicted molar refractivity (Wildman–Crippen MR) is 88.9 cm³/mol. The number of benzene rings is 2. The van der Waals surface area contributed by atoms with E-state index in [9.17, 15) is 9.90 Å². The van der Waals surface area contributed by atoms with Crippen LogP contribution in [0, 0.1) is 0 Å². The Kier molecular flexibility index (Phi) is 3.93. The fraction of sp³-hybridized carbons (Fsp3) is 0.133. The summed E-state index contributed by atoms with van der Waals surface area (Å²) in [7, 11) is 0. The molecular formula is C15H13BrN2O2S. The van der Waals surface area contributed by atoms with Crippen LogP contribution in [0.2, 0.25) is 0 Å². The van der Waals surface area contributed by atoms with E-state index in [-0.39, 0.29) is 5.69 Å². The van der Waals surface area contributed by atoms with Crippen molar-refractivity contribution < 1.29 is 5.11 Å². The van der Waals surface area contributed by atoms with E-state index in [1.54, 1.807) is 23.9 Å². The van der Waals surface area contributed by atoms with Gasteiger partial charge in [-0.1, -0.05) is 34.1 Å². The summed E-state index contributed by atoms with van der Waals surface area (Å²) in [4.78, 5) is 17.8. The number of hydrogen-bond donors (Lipinski definition) is 3. The molecular weight excluding hydrogens is 352 g/mol. The van der Waals surface area contributed by atoms with Gasteiger partial charge >= 0.3 is 5.69 Å². The van der Waals surface area contributed by atoms with Crippen LogP contribution >= 0.6 is 27.7 Å². The van der Waals surface area contributed by atoms with Crippen molar-refractivity contribution >= 4 is 38.7 Å². The summed E-state index contributed by atoms with van der Waals surface area (Å²) in [6.07, 6.45) is 1.22. The smallest absolute Gasteiger partial charge is 0.323 e. The molecule has 0 fully saturated rings. The van der Waals surface area contributed by atoms with Crippen molar-refractivity contribution in [3.8, 4) is 0 Å². The van der Waals surface area contributed by atoms with Crippen molar-refractivity contribution in [2.45, 2.75) is 11.0 Å². The molecule has 1 heterocycles. The van der Waals surface area contributed by atoms with Crippen LogP contribution in [0.5, 0.6) is 0 Å². The molecule has 0 aliphatic carbocycles. The van der Waals surface area contributed by atoms with Gasteiger partial charge in [0.2, 0.25) is 0 Å². The van der Waals surface area contributed by atoms with Crippen LogP contribution in [0.1, 0.15) is 17.2 Å². The summed E-state index contributed by atoms with van der Waals surface area (Å²) in [5.74, 6) is 0. The van der Waals surface area contributed by atoms with Crippen LogP contribution in [-0.2, 0) is 0 Å². The van der Waals surface area contributed by atoms with Crippen LogP contribution in [0.3, 0.4) is 0 Å². The van der Waals surface area contributed by atoms with Crippen LogP contribution in [0.25, 0.3) is 11.0 Å². The molecule has 3 N–H and O–H groups in total. The van der Waals surface area contributed by atoms with Gasteiger partial charge in [0.15, 0.2) is 0 Å². The van der Waals surface area contributed by atoms with Crippen molar-refractivity contribution in [1.82, 2.24) is 9.97 Å². The third kappa shape index (κ3) is 2.66. The molecule has 0 aliphatic rings. The van der Waals surface area contributed by atoms with Gasteiger partial charge in [-0.15, -0.1) is 11.8 Å². The van der Waals surface area contributed by atoms with Crippen LogP contribution in [0.15, 0.2) is 50.6 Å². The molecule has 0 amide bonds. The van der Waals surface area contributed by atoms with Gasteiger partial charge < -0.3 is 15.1 Å². The molecule has 0 spiro atoms. The SMILES string of the molecule is CSc1ccccc1C(O)c1cc2[nH]c(=O)[nH]c2cc1Br. The number of halogens is 1. The zero-order valence-corrected chi connectivity index (χ0v) is 13.6. The maximum absolute atomic E-state index is 11.4. The van der Waals surface area contributed by atoms with Gasteiger partial charge in [0.1, 0.15) is 6.10 Å². The Hall–Kier alpha value is -1.50. The maximum Gasteiger partial charge on any atom is 0.323 e. The maximum atomic E-state index is 11.4. The minimum atomic E-state index is -0.758. The zero-order valence-electron chi connectivity index (χ0n) is 11.2. The topological polar surface area (TPSA) is 68.9 Å². The highest BCUT2D eigenvalue weighted by molar-refractivity contribution is 9.10. The minimum absolute atomic E-state index is 0.256. The third-order valence-corrected chi connectivity index (χ3v) is 4.86. The molecule has 4 nitrogen and oxygen atoms in total. The van der Waals surface area contributed by atoms with Gasteiger partial charge in [-0.05, 0) is 30.0 Å². The van der Waals surface area contributed by atoms with E-state index < -0.39 is 6.10 Å². The summed E-state index contributed by atoms with van der Waals surface area (Å²) in [5.41, 5.74) is 2.70. The van der Waals surface area contributed by atoms with Crippen molar-refractivity contribution in [2.75, 3.05) is 6.26 Å². The predicted octanol–water partition coefficient (Wildman–Crippen LogP) is 3.42. The molecule has 0 saturated carbocycles. The zero-order chi connectivity index (χ0) is 15.0. The molecule has 3 rings (SSSR count). The number of aromatic nitrogens is 2. The molecule has 1 unspecified atom stereocenters. The highest BCUT2D eigenvalue weighted by atomic mass is 79.9. The first-order valence-corrected chi connectivity index (χ1v) is 8.34.